The van der Waals surface area contributed by atoms with Crippen LogP contribution in [0.5, 0.6) is 0 Å². The zero-order valence-corrected chi connectivity index (χ0v) is 17.3. The van der Waals surface area contributed by atoms with Gasteiger partial charge in [-0.3, -0.25) is 4.79 Å². The van der Waals surface area contributed by atoms with Crippen molar-refractivity contribution in [3.63, 3.8) is 0 Å². The lowest BCUT2D eigenvalue weighted by molar-refractivity contribution is -0.128. The largest absolute Gasteiger partial charge is 0.336 e. The molecule has 0 aliphatic carbocycles. The number of sulfonamides is 1. The van der Waals surface area contributed by atoms with Crippen molar-refractivity contribution >= 4 is 15.9 Å². The van der Waals surface area contributed by atoms with E-state index in [1.54, 1.807) is 17.0 Å². The Kier molecular flexibility index (Phi) is 6.29. The molecule has 0 bridgehead atoms. The molecule has 1 amide bonds. The predicted molar refractivity (Wildman–Crippen MR) is 105 cm³/mol. The first-order chi connectivity index (χ1) is 12.1. The number of amides is 1. The van der Waals surface area contributed by atoms with Crippen molar-refractivity contribution in [2.75, 3.05) is 26.2 Å². The first kappa shape index (κ1) is 20.6. The molecule has 2 rings (SSSR count). The summed E-state index contributed by atoms with van der Waals surface area (Å²) in [6.07, 6.45) is 2.72. The molecule has 1 aromatic carbocycles. The minimum atomic E-state index is -3.52. The highest BCUT2D eigenvalue weighted by Gasteiger charge is 2.30. The van der Waals surface area contributed by atoms with E-state index in [1.807, 2.05) is 32.1 Å². The molecule has 0 unspecified atom stereocenters. The molecule has 0 saturated carbocycles. The molecule has 1 aliphatic heterocycles. The van der Waals surface area contributed by atoms with Gasteiger partial charge in [0.25, 0.3) is 0 Å². The number of benzene rings is 1. The molecule has 1 aliphatic rings. The van der Waals surface area contributed by atoms with E-state index in [9.17, 15) is 13.2 Å². The quantitative estimate of drug-likeness (QED) is 0.756. The average molecular weight is 379 g/mol. The molecular weight excluding hydrogens is 348 g/mol. The van der Waals surface area contributed by atoms with Crippen LogP contribution in [0.15, 0.2) is 40.8 Å². The van der Waals surface area contributed by atoms with Crippen LogP contribution in [-0.2, 0) is 20.2 Å². The van der Waals surface area contributed by atoms with Gasteiger partial charge in [-0.15, -0.1) is 0 Å². The maximum atomic E-state index is 12.9. The topological polar surface area (TPSA) is 57.7 Å². The number of rotatable bonds is 4. The molecular formula is C20H30N2O3S. The van der Waals surface area contributed by atoms with E-state index in [0.29, 0.717) is 31.1 Å². The van der Waals surface area contributed by atoms with Crippen LogP contribution in [-0.4, -0.2) is 49.7 Å². The normalized spacial score (nSPS) is 17.4. The second-order valence-electron chi connectivity index (χ2n) is 7.77. The van der Waals surface area contributed by atoms with Crippen molar-refractivity contribution in [2.45, 2.75) is 51.3 Å². The second kappa shape index (κ2) is 7.92. The van der Waals surface area contributed by atoms with Gasteiger partial charge in [0.05, 0.1) is 4.90 Å². The molecule has 1 heterocycles. The third-order valence-electron chi connectivity index (χ3n) is 4.73. The van der Waals surface area contributed by atoms with Gasteiger partial charge in [0.1, 0.15) is 0 Å². The number of allylic oxidation sites excluding steroid dienone is 1. The van der Waals surface area contributed by atoms with Gasteiger partial charge in [-0.05, 0) is 36.5 Å². The SMILES string of the molecule is CC/C=C(/C)C(=O)N1CCN(S(=O)(=O)c2ccc(C(C)(C)C)cc2)CC1. The van der Waals surface area contributed by atoms with E-state index in [-0.39, 0.29) is 11.3 Å². The van der Waals surface area contributed by atoms with Crippen LogP contribution in [0.2, 0.25) is 0 Å². The molecule has 5 nitrogen and oxygen atoms in total. The van der Waals surface area contributed by atoms with Crippen molar-refractivity contribution in [1.82, 2.24) is 9.21 Å². The number of carbonyl (C=O) groups is 1. The Morgan fingerprint density at radius 3 is 2.08 bits per heavy atom. The highest BCUT2D eigenvalue weighted by molar-refractivity contribution is 7.89. The maximum Gasteiger partial charge on any atom is 0.249 e. The maximum absolute atomic E-state index is 12.9. The molecule has 1 saturated heterocycles. The van der Waals surface area contributed by atoms with Gasteiger partial charge in [-0.25, -0.2) is 8.42 Å². The summed E-state index contributed by atoms with van der Waals surface area (Å²) in [7, 11) is -3.52. The van der Waals surface area contributed by atoms with Crippen molar-refractivity contribution in [3.8, 4) is 0 Å². The monoisotopic (exact) mass is 378 g/mol. The van der Waals surface area contributed by atoms with Crippen molar-refractivity contribution in [1.29, 1.82) is 0 Å². The summed E-state index contributed by atoms with van der Waals surface area (Å²) in [4.78, 5) is 14.4. The summed E-state index contributed by atoms with van der Waals surface area (Å²) in [5.74, 6) is -0.00146. The van der Waals surface area contributed by atoms with E-state index in [0.717, 1.165) is 17.6 Å². The number of hydrogen-bond acceptors (Lipinski definition) is 3. The second-order valence-corrected chi connectivity index (χ2v) is 9.70. The van der Waals surface area contributed by atoms with Crippen LogP contribution >= 0.6 is 0 Å². The zero-order chi connectivity index (χ0) is 19.5. The van der Waals surface area contributed by atoms with E-state index >= 15 is 0 Å². The number of piperazine rings is 1. The van der Waals surface area contributed by atoms with Crippen LogP contribution in [0.1, 0.15) is 46.6 Å². The third kappa shape index (κ3) is 4.54. The molecule has 0 spiro atoms. The Morgan fingerprint density at radius 2 is 1.62 bits per heavy atom. The van der Waals surface area contributed by atoms with Gasteiger partial charge < -0.3 is 4.90 Å². The summed E-state index contributed by atoms with van der Waals surface area (Å²) in [6.45, 7) is 11.6. The standard InChI is InChI=1S/C20H30N2O3S/c1-6-7-16(2)19(23)21-12-14-22(15-13-21)26(24,25)18-10-8-17(9-11-18)20(3,4)5/h7-11H,6,12-15H2,1-5H3/b16-7-. The Labute approximate surface area is 157 Å². The van der Waals surface area contributed by atoms with E-state index in [1.165, 1.54) is 4.31 Å². The minimum Gasteiger partial charge on any atom is -0.336 e. The number of nitrogens with zero attached hydrogens (tertiary/aromatic N) is 2. The molecule has 1 fully saturated rings. The molecule has 6 heteroatoms. The van der Waals surface area contributed by atoms with Crippen LogP contribution in [0.4, 0.5) is 0 Å². The van der Waals surface area contributed by atoms with Crippen LogP contribution in [0, 0.1) is 0 Å². The predicted octanol–water partition coefficient (Wildman–Crippen LogP) is 3.17. The number of hydrogen-bond donors (Lipinski definition) is 0. The Balaban J connectivity index is 2.08. The van der Waals surface area contributed by atoms with Gasteiger partial charge in [0.15, 0.2) is 0 Å². The zero-order valence-electron chi connectivity index (χ0n) is 16.4. The van der Waals surface area contributed by atoms with Gasteiger partial charge in [-0.1, -0.05) is 45.9 Å². The van der Waals surface area contributed by atoms with Gasteiger partial charge in [-0.2, -0.15) is 4.31 Å². The fourth-order valence-corrected chi connectivity index (χ4v) is 4.47. The summed E-state index contributed by atoms with van der Waals surface area (Å²) < 4.78 is 27.2. The summed E-state index contributed by atoms with van der Waals surface area (Å²) in [6, 6.07) is 7.13. The van der Waals surface area contributed by atoms with Gasteiger partial charge in [0.2, 0.25) is 15.9 Å². The Hall–Kier alpha value is -1.66. The molecule has 0 atom stereocenters. The van der Waals surface area contributed by atoms with Crippen molar-refractivity contribution in [3.05, 3.63) is 41.5 Å². The summed E-state index contributed by atoms with van der Waals surface area (Å²) in [5.41, 5.74) is 1.81. The summed E-state index contributed by atoms with van der Waals surface area (Å²) >= 11 is 0. The Bertz CT molecular complexity index is 766. The highest BCUT2D eigenvalue weighted by Crippen LogP contribution is 2.25. The van der Waals surface area contributed by atoms with Gasteiger partial charge in [0, 0.05) is 31.8 Å². The van der Waals surface area contributed by atoms with E-state index in [2.05, 4.69) is 20.8 Å². The average Bonchev–Trinajstić information content (AvgIpc) is 2.60. The highest BCUT2D eigenvalue weighted by atomic mass is 32.2. The first-order valence-electron chi connectivity index (χ1n) is 9.14. The lowest BCUT2D eigenvalue weighted by Gasteiger charge is -2.34. The first-order valence-corrected chi connectivity index (χ1v) is 10.6. The Morgan fingerprint density at radius 1 is 1.08 bits per heavy atom. The third-order valence-corrected chi connectivity index (χ3v) is 6.64. The fourth-order valence-electron chi connectivity index (χ4n) is 3.05. The summed E-state index contributed by atoms with van der Waals surface area (Å²) in [5, 5.41) is 0. The lowest BCUT2D eigenvalue weighted by Crippen LogP contribution is -2.50. The molecule has 0 aromatic heterocycles. The van der Waals surface area contributed by atoms with Gasteiger partial charge >= 0.3 is 0 Å². The molecule has 144 valence electrons. The molecule has 26 heavy (non-hydrogen) atoms. The fraction of sp³-hybridized carbons (Fsp3) is 0.550. The van der Waals surface area contributed by atoms with Crippen molar-refractivity contribution in [2.24, 2.45) is 0 Å². The van der Waals surface area contributed by atoms with E-state index in [4.69, 9.17) is 0 Å². The number of carbonyl (C=O) groups excluding carboxylic acids is 1. The van der Waals surface area contributed by atoms with Crippen LogP contribution in [0.25, 0.3) is 0 Å². The minimum absolute atomic E-state index is 0.00146. The molecule has 1 aromatic rings. The molecule has 0 radical (unpaired) electrons. The van der Waals surface area contributed by atoms with E-state index < -0.39 is 10.0 Å². The lowest BCUT2D eigenvalue weighted by atomic mass is 9.87. The van der Waals surface area contributed by atoms with Crippen molar-refractivity contribution < 1.29 is 13.2 Å². The van der Waals surface area contributed by atoms with Crippen LogP contribution in [0.3, 0.4) is 0 Å². The molecule has 0 N–H and O–H groups in total. The smallest absolute Gasteiger partial charge is 0.249 e. The van der Waals surface area contributed by atoms with Crippen LogP contribution < -0.4 is 0 Å².